The van der Waals surface area contributed by atoms with Gasteiger partial charge in [-0.15, -0.1) is 0 Å². The molecule has 0 N–H and O–H groups in total. The van der Waals surface area contributed by atoms with Crippen molar-refractivity contribution in [1.82, 2.24) is 4.98 Å². The van der Waals surface area contributed by atoms with E-state index in [1.807, 2.05) is 24.4 Å². The minimum Gasteiger partial charge on any atom is -0.458 e. The topological polar surface area (TPSA) is 31.4 Å². The number of nitrogens with zero attached hydrogens (tertiary/aromatic N) is 1. The molecule has 2 aliphatic rings. The molecule has 5 aromatic carbocycles. The zero-order valence-corrected chi connectivity index (χ0v) is 26.7. The first-order valence-corrected chi connectivity index (χ1v) is 15.8. The van der Waals surface area contributed by atoms with Crippen LogP contribution in [0.4, 0.5) is 0 Å². The van der Waals surface area contributed by atoms with Gasteiger partial charge < -0.3 is 9.47 Å². The predicted molar refractivity (Wildman–Crippen MR) is 188 cm³/mol. The zero-order chi connectivity index (χ0) is 31.1. The molecule has 2 aliphatic heterocycles. The van der Waals surface area contributed by atoms with Crippen LogP contribution in [0.3, 0.4) is 0 Å². The van der Waals surface area contributed by atoms with Crippen molar-refractivity contribution in [3.05, 3.63) is 120 Å². The molecule has 0 radical (unpaired) electrons. The lowest BCUT2D eigenvalue weighted by molar-refractivity contribution is 0.467. The summed E-state index contributed by atoms with van der Waals surface area (Å²) < 4.78 is 13.6. The third kappa shape index (κ3) is 4.63. The lowest BCUT2D eigenvalue weighted by atomic mass is 9.34. The number of rotatable bonds is 2. The number of hydrogen-bond donors (Lipinski definition) is 0. The highest BCUT2D eigenvalue weighted by Crippen LogP contribution is 2.42. The van der Waals surface area contributed by atoms with E-state index < -0.39 is 0 Å². The molecule has 3 heterocycles. The van der Waals surface area contributed by atoms with Gasteiger partial charge in [0.25, 0.3) is 6.71 Å². The summed E-state index contributed by atoms with van der Waals surface area (Å²) in [6.45, 7) is 13.6. The van der Waals surface area contributed by atoms with E-state index in [4.69, 9.17) is 14.5 Å². The van der Waals surface area contributed by atoms with Gasteiger partial charge in [-0.05, 0) is 74.2 Å². The number of hydrogen-bond acceptors (Lipinski definition) is 3. The van der Waals surface area contributed by atoms with Crippen LogP contribution < -0.4 is 25.9 Å². The second-order valence-corrected chi connectivity index (χ2v) is 14.5. The maximum Gasteiger partial charge on any atom is 0.260 e. The van der Waals surface area contributed by atoms with Crippen LogP contribution in [0.2, 0.25) is 0 Å². The fourth-order valence-electron chi connectivity index (χ4n) is 6.73. The molecule has 0 saturated heterocycles. The number of ether oxygens (including phenoxy) is 2. The Balaban J connectivity index is 1.29. The third-order valence-corrected chi connectivity index (χ3v) is 9.35. The Morgan fingerprint density at radius 1 is 0.556 bits per heavy atom. The Kier molecular flexibility index (Phi) is 6.06. The molecule has 4 heteroatoms. The quantitative estimate of drug-likeness (QED) is 0.190. The Morgan fingerprint density at radius 2 is 1.20 bits per heavy atom. The molecule has 0 aliphatic carbocycles. The second kappa shape index (κ2) is 9.84. The third-order valence-electron chi connectivity index (χ3n) is 9.35. The van der Waals surface area contributed by atoms with E-state index in [1.165, 1.54) is 22.1 Å². The van der Waals surface area contributed by atoms with E-state index in [0.29, 0.717) is 0 Å². The van der Waals surface area contributed by atoms with Crippen LogP contribution in [-0.4, -0.2) is 11.7 Å². The van der Waals surface area contributed by atoms with Crippen molar-refractivity contribution in [1.29, 1.82) is 0 Å². The van der Waals surface area contributed by atoms with E-state index in [9.17, 15) is 0 Å². The largest absolute Gasteiger partial charge is 0.458 e. The fourth-order valence-corrected chi connectivity index (χ4v) is 6.73. The first-order chi connectivity index (χ1) is 21.5. The van der Waals surface area contributed by atoms with E-state index in [-0.39, 0.29) is 17.5 Å². The first-order valence-electron chi connectivity index (χ1n) is 15.8. The summed E-state index contributed by atoms with van der Waals surface area (Å²) in [6, 6.07) is 36.8. The van der Waals surface area contributed by atoms with Crippen LogP contribution >= 0.6 is 0 Å². The summed E-state index contributed by atoms with van der Waals surface area (Å²) in [7, 11) is 0. The molecule has 8 rings (SSSR count). The highest BCUT2D eigenvalue weighted by atomic mass is 16.5. The molecule has 0 atom stereocenters. The number of fused-ring (bicyclic) bond motifs is 6. The molecular weight excluding hydrogens is 549 g/mol. The van der Waals surface area contributed by atoms with Crippen LogP contribution in [0.5, 0.6) is 23.0 Å². The Hall–Kier alpha value is -4.83. The van der Waals surface area contributed by atoms with Gasteiger partial charge in [0, 0.05) is 28.2 Å². The molecular formula is C41H36BNO2. The smallest absolute Gasteiger partial charge is 0.260 e. The number of pyridine rings is 1. The van der Waals surface area contributed by atoms with Crippen LogP contribution in [0.1, 0.15) is 52.7 Å². The van der Waals surface area contributed by atoms with Crippen molar-refractivity contribution in [2.24, 2.45) is 0 Å². The van der Waals surface area contributed by atoms with Crippen molar-refractivity contribution in [2.45, 2.75) is 52.4 Å². The Morgan fingerprint density at radius 3 is 1.82 bits per heavy atom. The summed E-state index contributed by atoms with van der Waals surface area (Å²) in [5.41, 5.74) is 10.4. The summed E-state index contributed by atoms with van der Waals surface area (Å²) in [5.74, 6) is 3.58. The van der Waals surface area contributed by atoms with Gasteiger partial charge in [0.05, 0.1) is 5.69 Å². The molecule has 0 amide bonds. The number of aromatic nitrogens is 1. The maximum atomic E-state index is 6.84. The molecule has 0 bridgehead atoms. The van der Waals surface area contributed by atoms with Crippen molar-refractivity contribution >= 4 is 33.9 Å². The molecule has 0 fully saturated rings. The molecule has 0 spiro atoms. The normalized spacial score (nSPS) is 13.4. The van der Waals surface area contributed by atoms with Gasteiger partial charge in [-0.2, -0.15) is 0 Å². The predicted octanol–water partition coefficient (Wildman–Crippen LogP) is 8.89. The van der Waals surface area contributed by atoms with Gasteiger partial charge in [-0.1, -0.05) is 114 Å². The number of benzene rings is 5. The SMILES string of the molecule is CC(C)(C)c1ccc2c(c1)B1c3cc(C(C)(C)C)ccc3Oc3c1c(cc1cc(-c4ccc(-c5ccccc5)nc4)ccc31)O2. The van der Waals surface area contributed by atoms with Crippen LogP contribution in [0, 0.1) is 0 Å². The van der Waals surface area contributed by atoms with Crippen molar-refractivity contribution in [3.8, 4) is 45.4 Å². The Labute approximate surface area is 266 Å². The highest BCUT2D eigenvalue weighted by Gasteiger charge is 2.42. The molecule has 45 heavy (non-hydrogen) atoms. The van der Waals surface area contributed by atoms with Gasteiger partial charge >= 0.3 is 0 Å². The van der Waals surface area contributed by atoms with Crippen molar-refractivity contribution in [2.75, 3.05) is 0 Å². The van der Waals surface area contributed by atoms with Crippen molar-refractivity contribution in [3.63, 3.8) is 0 Å². The lowest BCUT2D eigenvalue weighted by Gasteiger charge is -2.35. The van der Waals surface area contributed by atoms with Gasteiger partial charge in [0.15, 0.2) is 0 Å². The molecule has 6 aromatic rings. The van der Waals surface area contributed by atoms with Gasteiger partial charge in [0.2, 0.25) is 0 Å². The fraction of sp³-hybridized carbons (Fsp3) is 0.195. The van der Waals surface area contributed by atoms with Crippen LogP contribution in [0.15, 0.2) is 109 Å². The average Bonchev–Trinajstić information content (AvgIpc) is 3.03. The summed E-state index contributed by atoms with van der Waals surface area (Å²) in [4.78, 5) is 4.78. The minimum absolute atomic E-state index is 0.0194. The van der Waals surface area contributed by atoms with Gasteiger partial charge in [-0.25, -0.2) is 0 Å². The second-order valence-electron chi connectivity index (χ2n) is 14.5. The highest BCUT2D eigenvalue weighted by molar-refractivity contribution is 6.98. The molecule has 1 aromatic heterocycles. The van der Waals surface area contributed by atoms with Gasteiger partial charge in [-0.3, -0.25) is 4.98 Å². The van der Waals surface area contributed by atoms with E-state index >= 15 is 0 Å². The molecule has 220 valence electrons. The molecule has 0 saturated carbocycles. The maximum absolute atomic E-state index is 6.84. The van der Waals surface area contributed by atoms with Crippen molar-refractivity contribution < 1.29 is 9.47 Å². The van der Waals surface area contributed by atoms with Crippen LogP contribution in [0.25, 0.3) is 33.2 Å². The summed E-state index contributed by atoms with van der Waals surface area (Å²) in [5, 5.41) is 2.16. The first kappa shape index (κ1) is 27.7. The average molecular weight is 586 g/mol. The van der Waals surface area contributed by atoms with E-state index in [2.05, 4.69) is 126 Å². The zero-order valence-electron chi connectivity index (χ0n) is 26.7. The molecule has 0 unspecified atom stereocenters. The van der Waals surface area contributed by atoms with Gasteiger partial charge in [0.1, 0.15) is 23.0 Å². The monoisotopic (exact) mass is 585 g/mol. The lowest BCUT2D eigenvalue weighted by Crippen LogP contribution is -2.57. The minimum atomic E-state index is 0.0194. The van der Waals surface area contributed by atoms with Crippen LogP contribution in [-0.2, 0) is 10.8 Å². The van der Waals surface area contributed by atoms with E-state index in [1.54, 1.807) is 0 Å². The molecule has 3 nitrogen and oxygen atoms in total. The Bertz CT molecular complexity index is 2090. The standard InChI is InChI=1S/C41H36BNO2/c1-40(2,3)29-14-18-35-32(22-29)42-33-23-30(41(4,5)6)15-19-36(33)45-39-31-16-12-26(20-28(31)21-37(44-35)38(39)42)27-13-17-34(43-24-27)25-10-8-7-9-11-25/h7-24H,1-6H3. The van der Waals surface area contributed by atoms with E-state index in [0.717, 1.165) is 61.6 Å². The summed E-state index contributed by atoms with van der Waals surface area (Å²) in [6.07, 6.45) is 1.96. The summed E-state index contributed by atoms with van der Waals surface area (Å²) >= 11 is 0.